The van der Waals surface area contributed by atoms with Crippen molar-refractivity contribution < 1.29 is 0 Å². The summed E-state index contributed by atoms with van der Waals surface area (Å²) in [5.74, 6) is 1.24. The molecule has 0 amide bonds. The Bertz CT molecular complexity index is 7860. The van der Waals surface area contributed by atoms with Crippen LogP contribution in [0.25, 0.3) is 211 Å². The van der Waals surface area contributed by atoms with Gasteiger partial charge in [-0.15, -0.1) is 0 Å². The van der Waals surface area contributed by atoms with Gasteiger partial charge in [-0.1, -0.05) is 267 Å². The zero-order chi connectivity index (χ0) is 78.6. The van der Waals surface area contributed by atoms with Gasteiger partial charge in [0.05, 0.1) is 84.0 Å². The maximum absolute atomic E-state index is 12.4. The highest BCUT2D eigenvalue weighted by atomic mass is 15.0. The summed E-state index contributed by atoms with van der Waals surface area (Å²) < 4.78 is 9.17. The number of benzene rings is 16. The minimum Gasteiger partial charge on any atom is -0.308 e. The number of rotatable bonds is 13. The lowest BCUT2D eigenvalue weighted by Crippen LogP contribution is -2.06. The maximum atomic E-state index is 12.4. The summed E-state index contributed by atoms with van der Waals surface area (Å²) in [6.45, 7) is 3.94. The second kappa shape index (κ2) is 27.9. The zero-order valence-corrected chi connectivity index (χ0v) is 64.3. The van der Waals surface area contributed by atoms with E-state index in [1.54, 1.807) is 0 Å². The summed E-state index contributed by atoms with van der Waals surface area (Å²) in [5.41, 5.74) is 28.6. The van der Waals surface area contributed by atoms with E-state index in [1.165, 1.54) is 0 Å². The first kappa shape index (κ1) is 68.6. The van der Waals surface area contributed by atoms with Gasteiger partial charge < -0.3 is 18.3 Å². The van der Waals surface area contributed by atoms with Gasteiger partial charge in [0, 0.05) is 71.0 Å². The molecule has 0 aliphatic rings. The van der Waals surface area contributed by atoms with Crippen LogP contribution >= 0.6 is 0 Å². The number of hydrogen-bond acceptors (Lipinski definition) is 6. The summed E-state index contributed by atoms with van der Waals surface area (Å²) >= 11 is 0. The van der Waals surface area contributed by atoms with Crippen molar-refractivity contribution in [2.45, 2.75) is 13.8 Å². The lowest BCUT2D eigenvalue weighted by atomic mass is 9.99. The van der Waals surface area contributed by atoms with Gasteiger partial charge in [-0.25, -0.2) is 19.9 Å². The third kappa shape index (κ3) is 11.5. The van der Waals surface area contributed by atoms with Crippen LogP contribution in [-0.2, 0) is 0 Å². The Morgan fingerprint density at radius 2 is 0.483 bits per heavy atom. The molecule has 0 atom stereocenters. The number of aryl methyl sites for hydroxylation is 2. The summed E-state index contributed by atoms with van der Waals surface area (Å²) in [6.07, 6.45) is 0. The van der Waals surface area contributed by atoms with Crippen molar-refractivity contribution in [3.05, 3.63) is 399 Å². The van der Waals surface area contributed by atoms with E-state index in [4.69, 9.17) is 19.9 Å². The first-order valence-corrected chi connectivity index (χ1v) is 39.7. The van der Waals surface area contributed by atoms with Gasteiger partial charge >= 0.3 is 0 Å². The van der Waals surface area contributed by atoms with E-state index in [0.717, 1.165) is 188 Å². The first-order chi connectivity index (χ1) is 58.2. The minimum absolute atomic E-state index is 0.484. The fourth-order valence-electron chi connectivity index (χ4n) is 18.0. The van der Waals surface area contributed by atoms with Gasteiger partial charge in [-0.2, -0.15) is 10.5 Å². The van der Waals surface area contributed by atoms with Gasteiger partial charge in [-0.3, -0.25) is 0 Å². The summed E-state index contributed by atoms with van der Waals surface area (Å²) in [6, 6.07) is 138. The summed E-state index contributed by atoms with van der Waals surface area (Å²) in [4.78, 5) is 20.7. The number of aromatic nitrogens is 8. The van der Waals surface area contributed by atoms with Crippen molar-refractivity contribution in [3.63, 3.8) is 0 Å². The largest absolute Gasteiger partial charge is 0.308 e. The molecule has 0 unspecified atom stereocenters. The molecular formula is C108H68N10. The SMILES string of the molecule is Cc1cc(-c2cc(-n3c4ccccc4c4ccc(-c5ccccc5)cc43)c(C#N)c(-n3c4ccc(-c5ccc6c(c5)c5cc(-c7ccccc7)ccc5n6-c5cc(-c6cc(-c7ccccc7)nc(-c7ccccc7)n6)cc(-n6c7ccccc7c7cc(-c8ccccc8)ccc76)c5C#N)cc4c4ccc(-c5ccccc5)cc43)c2)nc(C)n1. The molecule has 16 aromatic carbocycles. The number of nitrogens with zero attached hydrogens (tertiary/aromatic N) is 10. The van der Waals surface area contributed by atoms with Crippen molar-refractivity contribution in [3.8, 4) is 136 Å². The molecule has 6 heterocycles. The van der Waals surface area contributed by atoms with Crippen LogP contribution in [0.3, 0.4) is 0 Å². The average molecular weight is 1510 g/mol. The van der Waals surface area contributed by atoms with Crippen molar-refractivity contribution in [2.75, 3.05) is 0 Å². The Morgan fingerprint density at radius 1 is 0.203 bits per heavy atom. The van der Waals surface area contributed by atoms with Crippen LogP contribution in [-0.4, -0.2) is 38.2 Å². The van der Waals surface area contributed by atoms with Crippen LogP contribution in [0.5, 0.6) is 0 Å². The molecule has 6 aromatic heterocycles. The number of para-hydroxylation sites is 2. The van der Waals surface area contributed by atoms with Crippen LogP contribution in [0.1, 0.15) is 22.6 Å². The summed E-state index contributed by atoms with van der Waals surface area (Å²) in [5, 5.41) is 33.0. The summed E-state index contributed by atoms with van der Waals surface area (Å²) in [7, 11) is 0. The molecule has 0 aliphatic carbocycles. The van der Waals surface area contributed by atoms with E-state index >= 15 is 0 Å². The number of nitriles is 2. The van der Waals surface area contributed by atoms with E-state index in [2.05, 4.69) is 352 Å². The van der Waals surface area contributed by atoms with Crippen LogP contribution in [0.2, 0.25) is 0 Å². The Morgan fingerprint density at radius 3 is 0.873 bits per heavy atom. The standard InChI is InChI=1S/C108H68N10/c1-67-53-93(112-68(2)111-67)81-60-106(117-96-39-23-21-37-83(96)85-47-41-79(58-102(85)117)71-29-13-5-14-30-71)92(66-110)107(61-81)118-99-51-45-77(56-88(99)86-48-42-80(59-103(86)118)72-31-15-6-16-32-72)78-46-52-101-90(57-78)89-55-76(70-27-11-4-12-28-70)44-50-100(89)116(101)105-63-82(95-64-94(73-33-17-7-18-34-73)113-108(114-95)74-35-19-8-20-36-74)62-104(91(105)65-109)115-97-40-24-22-38-84(97)87-54-75(43-49-98(87)115)69-25-9-3-10-26-69/h3-64H,1-2H3. The molecular weight excluding hydrogens is 1440 g/mol. The molecule has 118 heavy (non-hydrogen) atoms. The lowest BCUT2D eigenvalue weighted by molar-refractivity contribution is 1.01. The van der Waals surface area contributed by atoms with E-state index in [0.29, 0.717) is 45.5 Å². The first-order valence-electron chi connectivity index (χ1n) is 39.7. The normalized spacial score (nSPS) is 11.6. The lowest BCUT2D eigenvalue weighted by Gasteiger charge is -2.19. The molecule has 550 valence electrons. The smallest absolute Gasteiger partial charge is 0.160 e. The molecule has 22 aromatic rings. The quantitative estimate of drug-likeness (QED) is 0.113. The van der Waals surface area contributed by atoms with Crippen molar-refractivity contribution in [2.24, 2.45) is 0 Å². The van der Waals surface area contributed by atoms with Gasteiger partial charge in [0.15, 0.2) is 5.82 Å². The molecule has 0 N–H and O–H groups in total. The Kier molecular flexibility index (Phi) is 16.2. The number of fused-ring (bicyclic) bond motifs is 12. The molecule has 22 rings (SSSR count). The van der Waals surface area contributed by atoms with E-state index in [9.17, 15) is 10.5 Å². The topological polar surface area (TPSA) is 119 Å². The third-order valence-electron chi connectivity index (χ3n) is 23.4. The molecule has 0 bridgehead atoms. The third-order valence-corrected chi connectivity index (χ3v) is 23.4. The van der Waals surface area contributed by atoms with Crippen LogP contribution < -0.4 is 0 Å². The second-order valence-electron chi connectivity index (χ2n) is 30.4. The molecule has 0 aliphatic heterocycles. The Balaban J connectivity index is 0.788. The molecule has 0 spiro atoms. The molecule has 0 radical (unpaired) electrons. The van der Waals surface area contributed by atoms with Gasteiger partial charge in [-0.05, 0) is 179 Å². The van der Waals surface area contributed by atoms with Crippen molar-refractivity contribution in [1.29, 1.82) is 10.5 Å². The van der Waals surface area contributed by atoms with E-state index < -0.39 is 0 Å². The highest BCUT2D eigenvalue weighted by molar-refractivity contribution is 6.16. The van der Waals surface area contributed by atoms with Gasteiger partial charge in [0.25, 0.3) is 0 Å². The average Bonchev–Trinajstić information content (AvgIpc) is 1.56. The fourth-order valence-corrected chi connectivity index (χ4v) is 18.0. The molecule has 10 nitrogen and oxygen atoms in total. The highest BCUT2D eigenvalue weighted by Crippen LogP contribution is 2.47. The van der Waals surface area contributed by atoms with Crippen LogP contribution in [0.4, 0.5) is 0 Å². The predicted octanol–water partition coefficient (Wildman–Crippen LogP) is 27.0. The number of hydrogen-bond donors (Lipinski definition) is 0. The monoisotopic (exact) mass is 1500 g/mol. The fraction of sp³-hybridized carbons (Fsp3) is 0.0185. The van der Waals surface area contributed by atoms with Crippen LogP contribution in [0.15, 0.2) is 376 Å². The molecule has 10 heteroatoms. The van der Waals surface area contributed by atoms with Gasteiger partial charge in [0.2, 0.25) is 0 Å². The van der Waals surface area contributed by atoms with Crippen LogP contribution in [0, 0.1) is 36.5 Å². The minimum atomic E-state index is 0.484. The molecule has 0 saturated heterocycles. The van der Waals surface area contributed by atoms with Crippen molar-refractivity contribution in [1.82, 2.24) is 38.2 Å². The van der Waals surface area contributed by atoms with E-state index in [-0.39, 0.29) is 0 Å². The predicted molar refractivity (Wildman–Crippen MR) is 483 cm³/mol. The van der Waals surface area contributed by atoms with E-state index in [1.807, 2.05) is 68.4 Å². The second-order valence-corrected chi connectivity index (χ2v) is 30.4. The molecule has 0 fully saturated rings. The van der Waals surface area contributed by atoms with Crippen molar-refractivity contribution >= 4 is 87.2 Å². The highest BCUT2D eigenvalue weighted by Gasteiger charge is 2.28. The Hall–Kier alpha value is -16.1. The maximum Gasteiger partial charge on any atom is 0.160 e. The zero-order valence-electron chi connectivity index (χ0n) is 64.3. The molecule has 0 saturated carbocycles. The van der Waals surface area contributed by atoms with Gasteiger partial charge in [0.1, 0.15) is 29.1 Å². The Labute approximate surface area is 679 Å².